The van der Waals surface area contributed by atoms with E-state index in [4.69, 9.17) is 9.05 Å². The zero-order valence-corrected chi connectivity index (χ0v) is 34.5. The van der Waals surface area contributed by atoms with Crippen LogP contribution in [0.1, 0.15) is 162 Å². The summed E-state index contributed by atoms with van der Waals surface area (Å²) in [6.07, 6.45) is 41.9. The lowest BCUT2D eigenvalue weighted by Gasteiger charge is -2.25. The standard InChI is InChI=1S/C42H79N2O6P/c1-6-8-10-12-14-16-18-19-20-21-22-23-24-26-28-30-32-34-36-42(46)43-40(39-50-51(47,48)49-38-37-44(3,4)5)41(45)35-33-31-29-27-25-17-15-13-11-9-7-2/h11,13,22-23,25,27,33,35,40-41,45H,6-10,12,14-21,24,26,28-32,34,36-39H2,1-5H3,(H-,43,46,47,48)/p+1/b13-11+,23-22-,27-25+,35-33+. The van der Waals surface area contributed by atoms with E-state index in [9.17, 15) is 19.4 Å². The van der Waals surface area contributed by atoms with Gasteiger partial charge in [-0.15, -0.1) is 0 Å². The number of carbonyl (C=O) groups excluding carboxylic acids is 1. The number of hydrogen-bond acceptors (Lipinski definition) is 5. The molecule has 0 aromatic rings. The molecular formula is C42H80N2O6P+. The molecule has 9 heteroatoms. The number of carbonyl (C=O) groups is 1. The van der Waals surface area contributed by atoms with Gasteiger partial charge in [-0.2, -0.15) is 0 Å². The molecule has 3 N–H and O–H groups in total. The molecule has 0 radical (unpaired) electrons. The number of quaternary nitrogens is 1. The average molecular weight is 740 g/mol. The van der Waals surface area contributed by atoms with Crippen LogP contribution in [-0.4, -0.2) is 73.4 Å². The summed E-state index contributed by atoms with van der Waals surface area (Å²) >= 11 is 0. The average Bonchev–Trinajstić information content (AvgIpc) is 3.07. The van der Waals surface area contributed by atoms with Crippen LogP contribution in [0.5, 0.6) is 0 Å². The Labute approximate surface area is 314 Å². The Bertz CT molecular complexity index is 975. The number of allylic oxidation sites excluding steroid dienone is 7. The monoisotopic (exact) mass is 740 g/mol. The summed E-state index contributed by atoms with van der Waals surface area (Å²) in [6.45, 7) is 4.68. The van der Waals surface area contributed by atoms with E-state index in [1.54, 1.807) is 6.08 Å². The molecule has 0 heterocycles. The lowest BCUT2D eigenvalue weighted by molar-refractivity contribution is -0.870. The van der Waals surface area contributed by atoms with E-state index in [2.05, 4.69) is 55.6 Å². The first-order valence-corrected chi connectivity index (χ1v) is 22.0. The van der Waals surface area contributed by atoms with Crippen LogP contribution in [0.25, 0.3) is 0 Å². The molecule has 0 saturated carbocycles. The molecule has 0 aromatic heterocycles. The maximum absolute atomic E-state index is 12.8. The Hall–Kier alpha value is -1.54. The van der Waals surface area contributed by atoms with Crippen molar-refractivity contribution in [1.82, 2.24) is 5.32 Å². The van der Waals surface area contributed by atoms with E-state index in [1.807, 2.05) is 27.2 Å². The third-order valence-electron chi connectivity index (χ3n) is 8.73. The molecule has 51 heavy (non-hydrogen) atoms. The predicted molar refractivity (Wildman–Crippen MR) is 217 cm³/mol. The third-order valence-corrected chi connectivity index (χ3v) is 9.71. The fourth-order valence-electron chi connectivity index (χ4n) is 5.43. The van der Waals surface area contributed by atoms with Gasteiger partial charge in [0.15, 0.2) is 0 Å². The second-order valence-corrected chi connectivity index (χ2v) is 16.4. The fourth-order valence-corrected chi connectivity index (χ4v) is 6.16. The summed E-state index contributed by atoms with van der Waals surface area (Å²) in [7, 11) is 1.53. The zero-order chi connectivity index (χ0) is 37.9. The van der Waals surface area contributed by atoms with Crippen molar-refractivity contribution in [3.8, 4) is 0 Å². The molecule has 8 nitrogen and oxygen atoms in total. The van der Waals surface area contributed by atoms with Crippen LogP contribution in [0.3, 0.4) is 0 Å². The van der Waals surface area contributed by atoms with Crippen LogP contribution in [0.4, 0.5) is 0 Å². The number of amides is 1. The van der Waals surface area contributed by atoms with Gasteiger partial charge in [0, 0.05) is 6.42 Å². The maximum Gasteiger partial charge on any atom is 0.472 e. The van der Waals surface area contributed by atoms with Crippen molar-refractivity contribution in [3.05, 3.63) is 48.6 Å². The predicted octanol–water partition coefficient (Wildman–Crippen LogP) is 10.9. The van der Waals surface area contributed by atoms with Crippen LogP contribution in [0, 0.1) is 0 Å². The minimum Gasteiger partial charge on any atom is -0.387 e. The number of hydrogen-bond donors (Lipinski definition) is 3. The Kier molecular flexibility index (Phi) is 33.2. The van der Waals surface area contributed by atoms with Crippen molar-refractivity contribution in [2.24, 2.45) is 0 Å². The number of phosphoric ester groups is 1. The Morgan fingerprint density at radius 2 is 1.12 bits per heavy atom. The molecule has 298 valence electrons. The highest BCUT2D eigenvalue weighted by atomic mass is 31.2. The molecule has 1 amide bonds. The van der Waals surface area contributed by atoms with Crippen molar-refractivity contribution in [2.45, 2.75) is 174 Å². The van der Waals surface area contributed by atoms with Gasteiger partial charge in [-0.1, -0.05) is 140 Å². The molecular weight excluding hydrogens is 659 g/mol. The summed E-state index contributed by atoms with van der Waals surface area (Å²) < 4.78 is 23.4. The quantitative estimate of drug-likeness (QED) is 0.0256. The zero-order valence-electron chi connectivity index (χ0n) is 33.6. The number of phosphoric acid groups is 1. The minimum absolute atomic E-state index is 0.0505. The topological polar surface area (TPSA) is 105 Å². The molecule has 0 aliphatic rings. The summed E-state index contributed by atoms with van der Waals surface area (Å²) in [4.78, 5) is 23.0. The van der Waals surface area contributed by atoms with Gasteiger partial charge in [0.25, 0.3) is 0 Å². The van der Waals surface area contributed by atoms with Crippen LogP contribution >= 0.6 is 7.82 Å². The molecule has 0 rings (SSSR count). The number of nitrogens with one attached hydrogen (secondary N) is 1. The molecule has 0 bridgehead atoms. The van der Waals surface area contributed by atoms with Gasteiger partial charge in [-0.25, -0.2) is 4.57 Å². The van der Waals surface area contributed by atoms with Crippen LogP contribution in [0.15, 0.2) is 48.6 Å². The van der Waals surface area contributed by atoms with E-state index < -0.39 is 20.0 Å². The van der Waals surface area contributed by atoms with Gasteiger partial charge >= 0.3 is 7.82 Å². The van der Waals surface area contributed by atoms with Crippen molar-refractivity contribution in [2.75, 3.05) is 40.9 Å². The smallest absolute Gasteiger partial charge is 0.387 e. The summed E-state index contributed by atoms with van der Waals surface area (Å²) in [5.74, 6) is -0.204. The van der Waals surface area contributed by atoms with Crippen LogP contribution in [-0.2, 0) is 18.4 Å². The number of unbranched alkanes of at least 4 members (excludes halogenated alkanes) is 17. The number of rotatable bonds is 36. The summed E-state index contributed by atoms with van der Waals surface area (Å²) in [6, 6.07) is -0.871. The van der Waals surface area contributed by atoms with Crippen molar-refractivity contribution in [3.63, 3.8) is 0 Å². The van der Waals surface area contributed by atoms with Crippen molar-refractivity contribution < 1.29 is 32.9 Å². The molecule has 0 spiro atoms. The third kappa shape index (κ3) is 36.6. The molecule has 3 atom stereocenters. The highest BCUT2D eigenvalue weighted by Gasteiger charge is 2.27. The Morgan fingerprint density at radius 3 is 1.65 bits per heavy atom. The number of aliphatic hydroxyl groups is 1. The summed E-state index contributed by atoms with van der Waals surface area (Å²) in [5.41, 5.74) is 0. The number of likely N-dealkylation sites (N-methyl/N-ethyl adjacent to an activating group) is 1. The molecule has 0 fully saturated rings. The van der Waals surface area contributed by atoms with Gasteiger partial charge in [-0.05, 0) is 64.2 Å². The first kappa shape index (κ1) is 49.5. The van der Waals surface area contributed by atoms with E-state index >= 15 is 0 Å². The Morgan fingerprint density at radius 1 is 0.647 bits per heavy atom. The lowest BCUT2D eigenvalue weighted by Crippen LogP contribution is -2.45. The van der Waals surface area contributed by atoms with Crippen molar-refractivity contribution >= 4 is 13.7 Å². The summed E-state index contributed by atoms with van der Waals surface area (Å²) in [5, 5.41) is 13.7. The molecule has 0 aromatic carbocycles. The van der Waals surface area contributed by atoms with E-state index in [0.29, 0.717) is 17.4 Å². The largest absolute Gasteiger partial charge is 0.472 e. The normalized spacial score (nSPS) is 15.0. The van der Waals surface area contributed by atoms with E-state index in [1.165, 1.54) is 77.0 Å². The second-order valence-electron chi connectivity index (χ2n) is 15.0. The minimum atomic E-state index is -4.34. The van der Waals surface area contributed by atoms with E-state index in [-0.39, 0.29) is 19.1 Å². The van der Waals surface area contributed by atoms with Crippen LogP contribution < -0.4 is 5.32 Å². The molecule has 0 aliphatic carbocycles. The van der Waals surface area contributed by atoms with Gasteiger partial charge in [0.2, 0.25) is 5.91 Å². The van der Waals surface area contributed by atoms with Gasteiger partial charge in [0.05, 0.1) is 39.9 Å². The van der Waals surface area contributed by atoms with Crippen molar-refractivity contribution in [1.29, 1.82) is 0 Å². The first-order chi connectivity index (χ1) is 24.5. The van der Waals surface area contributed by atoms with Crippen LogP contribution in [0.2, 0.25) is 0 Å². The van der Waals surface area contributed by atoms with E-state index in [0.717, 1.165) is 64.2 Å². The highest BCUT2D eigenvalue weighted by Crippen LogP contribution is 2.43. The highest BCUT2D eigenvalue weighted by molar-refractivity contribution is 7.47. The SMILES string of the molecule is CCC/C=C/CC/C=C/CC/C=C/C(O)C(COP(=O)(O)OCC[N+](C)(C)C)NC(=O)CCCCCCC/C=C\CCCCCCCCCCC. The lowest BCUT2D eigenvalue weighted by atomic mass is 10.1. The van der Waals surface area contributed by atoms with Gasteiger partial charge in [0.1, 0.15) is 13.2 Å². The number of aliphatic hydroxyl groups excluding tert-OH is 1. The Balaban J connectivity index is 4.48. The molecule has 0 saturated heterocycles. The maximum atomic E-state index is 12.8. The second kappa shape index (κ2) is 34.2. The fraction of sp³-hybridized carbons (Fsp3) is 0.786. The molecule has 3 unspecified atom stereocenters. The number of nitrogens with zero attached hydrogens (tertiary/aromatic N) is 1. The molecule has 0 aliphatic heterocycles. The van der Waals surface area contributed by atoms with Gasteiger partial charge < -0.3 is 19.8 Å². The first-order valence-electron chi connectivity index (χ1n) is 20.5. The van der Waals surface area contributed by atoms with Gasteiger partial charge in [-0.3, -0.25) is 13.8 Å².